The van der Waals surface area contributed by atoms with Crippen molar-refractivity contribution in [1.82, 2.24) is 10.3 Å². The Bertz CT molecular complexity index is 684. The van der Waals surface area contributed by atoms with Crippen LogP contribution in [-0.4, -0.2) is 37.3 Å². The molecule has 1 amide bonds. The number of carbonyl (C=O) groups excluding carboxylic acids is 1. The summed E-state index contributed by atoms with van der Waals surface area (Å²) >= 11 is 1.29. The summed E-state index contributed by atoms with van der Waals surface area (Å²) in [6.07, 6.45) is 5.11. The quantitative estimate of drug-likeness (QED) is 0.884. The van der Waals surface area contributed by atoms with Crippen molar-refractivity contribution in [1.29, 1.82) is 0 Å². The first-order chi connectivity index (χ1) is 10.6. The SMILES string of the molecule is CNC(=O)c1cnc(/C=C/c2cc(OC)c(O)c(OC)c2)s1. The second-order valence-corrected chi connectivity index (χ2v) is 5.31. The normalized spacial score (nSPS) is 10.7. The molecule has 1 heterocycles. The van der Waals surface area contributed by atoms with Gasteiger partial charge in [-0.15, -0.1) is 11.3 Å². The summed E-state index contributed by atoms with van der Waals surface area (Å²) in [5, 5.41) is 13.1. The minimum absolute atomic E-state index is 0.0432. The van der Waals surface area contributed by atoms with Gasteiger partial charge in [-0.1, -0.05) is 6.08 Å². The van der Waals surface area contributed by atoms with Crippen LogP contribution in [0.25, 0.3) is 12.2 Å². The molecule has 1 aromatic carbocycles. The number of amides is 1. The summed E-state index contributed by atoms with van der Waals surface area (Å²) in [5.41, 5.74) is 0.781. The molecule has 2 aromatic rings. The fourth-order valence-corrected chi connectivity index (χ4v) is 2.54. The van der Waals surface area contributed by atoms with Crippen molar-refractivity contribution in [3.05, 3.63) is 33.8 Å². The number of nitrogens with one attached hydrogen (secondary N) is 1. The van der Waals surface area contributed by atoms with Gasteiger partial charge in [0, 0.05) is 7.05 Å². The van der Waals surface area contributed by atoms with E-state index in [9.17, 15) is 9.90 Å². The maximum absolute atomic E-state index is 11.5. The summed E-state index contributed by atoms with van der Waals surface area (Å²) in [5.74, 6) is 0.441. The molecule has 116 valence electrons. The minimum atomic E-state index is -0.162. The van der Waals surface area contributed by atoms with Crippen molar-refractivity contribution >= 4 is 29.4 Å². The standard InChI is InChI=1S/C15H16N2O4S/c1-16-15(19)12-8-17-13(22-12)5-4-9-6-10(20-2)14(18)11(7-9)21-3/h4-8,18H,1-3H3,(H,16,19)/b5-4+. The van der Waals surface area contributed by atoms with Crippen LogP contribution in [0.1, 0.15) is 20.2 Å². The third kappa shape index (κ3) is 3.37. The highest BCUT2D eigenvalue weighted by Crippen LogP contribution is 2.37. The number of methoxy groups -OCH3 is 2. The molecule has 7 heteroatoms. The largest absolute Gasteiger partial charge is 0.502 e. The first-order valence-corrected chi connectivity index (χ1v) is 7.21. The number of carbonyl (C=O) groups is 1. The number of thiazole rings is 1. The van der Waals surface area contributed by atoms with Crippen molar-refractivity contribution in [3.8, 4) is 17.2 Å². The van der Waals surface area contributed by atoms with E-state index < -0.39 is 0 Å². The molecular weight excluding hydrogens is 304 g/mol. The van der Waals surface area contributed by atoms with Crippen molar-refractivity contribution in [3.63, 3.8) is 0 Å². The maximum atomic E-state index is 11.5. The highest BCUT2D eigenvalue weighted by molar-refractivity contribution is 7.14. The van der Waals surface area contributed by atoms with E-state index in [0.717, 1.165) is 5.56 Å². The lowest BCUT2D eigenvalue weighted by molar-refractivity contribution is 0.0967. The van der Waals surface area contributed by atoms with E-state index in [1.54, 1.807) is 31.3 Å². The summed E-state index contributed by atoms with van der Waals surface area (Å²) < 4.78 is 10.2. The van der Waals surface area contributed by atoms with Crippen LogP contribution >= 0.6 is 11.3 Å². The van der Waals surface area contributed by atoms with Crippen LogP contribution in [0, 0.1) is 0 Å². The predicted octanol–water partition coefficient (Wildman–Crippen LogP) is 2.40. The van der Waals surface area contributed by atoms with E-state index in [1.807, 2.05) is 0 Å². The number of rotatable bonds is 5. The number of aromatic hydroxyl groups is 1. The molecule has 0 saturated carbocycles. The molecular formula is C15H16N2O4S. The van der Waals surface area contributed by atoms with Crippen molar-refractivity contribution < 1.29 is 19.4 Å². The highest BCUT2D eigenvalue weighted by Gasteiger charge is 2.10. The topological polar surface area (TPSA) is 80.7 Å². The van der Waals surface area contributed by atoms with Gasteiger partial charge in [0.05, 0.1) is 20.4 Å². The average Bonchev–Trinajstić information content (AvgIpc) is 3.02. The molecule has 0 spiro atoms. The van der Waals surface area contributed by atoms with Crippen molar-refractivity contribution in [2.45, 2.75) is 0 Å². The van der Waals surface area contributed by atoms with E-state index in [-0.39, 0.29) is 11.7 Å². The molecule has 6 nitrogen and oxygen atoms in total. The van der Waals surface area contributed by atoms with Gasteiger partial charge in [-0.05, 0) is 23.8 Å². The summed E-state index contributed by atoms with van der Waals surface area (Å²) in [4.78, 5) is 16.2. The van der Waals surface area contributed by atoms with E-state index in [0.29, 0.717) is 21.4 Å². The number of benzene rings is 1. The van der Waals surface area contributed by atoms with E-state index >= 15 is 0 Å². The summed E-state index contributed by atoms with van der Waals surface area (Å²) in [6.45, 7) is 0. The molecule has 2 rings (SSSR count). The van der Waals surface area contributed by atoms with Gasteiger partial charge in [-0.2, -0.15) is 0 Å². The highest BCUT2D eigenvalue weighted by atomic mass is 32.1. The first kappa shape index (κ1) is 15.8. The van der Waals surface area contributed by atoms with Crippen LogP contribution in [0.15, 0.2) is 18.3 Å². The Morgan fingerprint density at radius 3 is 2.45 bits per heavy atom. The Morgan fingerprint density at radius 1 is 1.27 bits per heavy atom. The number of phenols is 1. The smallest absolute Gasteiger partial charge is 0.262 e. The fraction of sp³-hybridized carbons (Fsp3) is 0.200. The van der Waals surface area contributed by atoms with Crippen molar-refractivity contribution in [2.24, 2.45) is 0 Å². The molecule has 22 heavy (non-hydrogen) atoms. The maximum Gasteiger partial charge on any atom is 0.262 e. The molecule has 0 aliphatic heterocycles. The second-order valence-electron chi connectivity index (χ2n) is 4.25. The third-order valence-electron chi connectivity index (χ3n) is 2.89. The van der Waals surface area contributed by atoms with Gasteiger partial charge in [-0.25, -0.2) is 4.98 Å². The number of hydrogen-bond donors (Lipinski definition) is 2. The Hall–Kier alpha value is -2.54. The molecule has 0 aliphatic rings. The van der Waals surface area contributed by atoms with Gasteiger partial charge < -0.3 is 19.9 Å². The number of hydrogen-bond acceptors (Lipinski definition) is 6. The molecule has 0 fully saturated rings. The predicted molar refractivity (Wildman–Crippen MR) is 85.6 cm³/mol. The lowest BCUT2D eigenvalue weighted by Crippen LogP contribution is -2.16. The zero-order valence-electron chi connectivity index (χ0n) is 12.4. The van der Waals surface area contributed by atoms with Crippen LogP contribution in [0.5, 0.6) is 17.2 Å². The van der Waals surface area contributed by atoms with Gasteiger partial charge in [0.1, 0.15) is 9.88 Å². The van der Waals surface area contributed by atoms with Crippen LogP contribution < -0.4 is 14.8 Å². The zero-order valence-corrected chi connectivity index (χ0v) is 13.2. The molecule has 0 bridgehead atoms. The molecule has 0 unspecified atom stereocenters. The fourth-order valence-electron chi connectivity index (χ4n) is 1.77. The van der Waals surface area contributed by atoms with E-state index in [4.69, 9.17) is 9.47 Å². The Balaban J connectivity index is 2.26. The molecule has 0 aliphatic carbocycles. The van der Waals surface area contributed by atoms with Gasteiger partial charge in [0.15, 0.2) is 11.5 Å². The minimum Gasteiger partial charge on any atom is -0.502 e. The monoisotopic (exact) mass is 320 g/mol. The Morgan fingerprint density at radius 2 is 1.91 bits per heavy atom. The lowest BCUT2D eigenvalue weighted by Gasteiger charge is -2.09. The Labute approximate surface area is 132 Å². The van der Waals surface area contributed by atoms with Gasteiger partial charge in [0.2, 0.25) is 5.75 Å². The van der Waals surface area contributed by atoms with Crippen LogP contribution in [-0.2, 0) is 0 Å². The summed E-state index contributed by atoms with van der Waals surface area (Å²) in [6, 6.07) is 3.36. The zero-order chi connectivity index (χ0) is 16.1. The van der Waals surface area contributed by atoms with Crippen LogP contribution in [0.3, 0.4) is 0 Å². The molecule has 0 radical (unpaired) electrons. The number of phenolic OH excluding ortho intramolecular Hbond substituents is 1. The summed E-state index contributed by atoms with van der Waals surface area (Å²) in [7, 11) is 4.52. The van der Waals surface area contributed by atoms with Crippen molar-refractivity contribution in [2.75, 3.05) is 21.3 Å². The Kier molecular flexibility index (Phi) is 5.00. The molecule has 0 saturated heterocycles. The van der Waals surface area contributed by atoms with Gasteiger partial charge in [0.25, 0.3) is 5.91 Å². The number of ether oxygens (including phenoxy) is 2. The number of aromatic nitrogens is 1. The second kappa shape index (κ2) is 6.95. The lowest BCUT2D eigenvalue weighted by atomic mass is 10.1. The average molecular weight is 320 g/mol. The van der Waals surface area contributed by atoms with Crippen LogP contribution in [0.2, 0.25) is 0 Å². The van der Waals surface area contributed by atoms with Gasteiger partial charge >= 0.3 is 0 Å². The molecule has 0 atom stereocenters. The number of nitrogens with zero attached hydrogens (tertiary/aromatic N) is 1. The van der Waals surface area contributed by atoms with E-state index in [2.05, 4.69) is 10.3 Å². The molecule has 1 aromatic heterocycles. The van der Waals surface area contributed by atoms with E-state index in [1.165, 1.54) is 31.8 Å². The first-order valence-electron chi connectivity index (χ1n) is 6.40. The third-order valence-corrected chi connectivity index (χ3v) is 3.86. The van der Waals surface area contributed by atoms with Gasteiger partial charge in [-0.3, -0.25) is 4.79 Å². The van der Waals surface area contributed by atoms with Crippen LogP contribution in [0.4, 0.5) is 0 Å². The molecule has 2 N–H and O–H groups in total.